The molecule has 1 amide bonds. The van der Waals surface area contributed by atoms with Crippen LogP contribution in [0.25, 0.3) is 0 Å². The molecule has 0 aromatic carbocycles. The quantitative estimate of drug-likeness (QED) is 0.452. The van der Waals surface area contributed by atoms with E-state index in [0.717, 1.165) is 0 Å². The van der Waals surface area contributed by atoms with Crippen LogP contribution in [0.1, 0.15) is 27.7 Å². The second kappa shape index (κ2) is 5.73. The summed E-state index contributed by atoms with van der Waals surface area (Å²) >= 11 is 1.48. The molecular weight excluding hydrogens is 308 g/mol. The molecule has 2 fully saturated rings. The van der Waals surface area contributed by atoms with Gasteiger partial charge in [-0.3, -0.25) is 14.4 Å². The van der Waals surface area contributed by atoms with E-state index in [4.69, 9.17) is 15.2 Å². The first-order chi connectivity index (χ1) is 10.1. The predicted octanol–water partition coefficient (Wildman–Crippen LogP) is 0.325. The molecule has 2 unspecified atom stereocenters. The maximum absolute atomic E-state index is 12.2. The van der Waals surface area contributed by atoms with Crippen LogP contribution in [0.3, 0.4) is 0 Å². The number of fused-ring (bicyclic) bond motifs is 1. The van der Waals surface area contributed by atoms with E-state index in [-0.39, 0.29) is 17.8 Å². The molecule has 7 nitrogen and oxygen atoms in total. The summed E-state index contributed by atoms with van der Waals surface area (Å²) in [5.41, 5.74) is 4.25. The maximum Gasteiger partial charge on any atom is 0.317 e. The summed E-state index contributed by atoms with van der Waals surface area (Å²) in [5, 5.41) is -0.0490. The van der Waals surface area contributed by atoms with Gasteiger partial charge in [0.25, 0.3) is 0 Å². The Morgan fingerprint density at radius 3 is 2.64 bits per heavy atom. The van der Waals surface area contributed by atoms with Gasteiger partial charge in [0.1, 0.15) is 11.4 Å². The molecule has 0 radical (unpaired) electrons. The Morgan fingerprint density at radius 2 is 2.05 bits per heavy atom. The fourth-order valence-corrected chi connectivity index (χ4v) is 3.68. The van der Waals surface area contributed by atoms with E-state index in [1.54, 1.807) is 32.6 Å². The normalized spacial score (nSPS) is 31.1. The molecule has 0 bridgehead atoms. The van der Waals surface area contributed by atoms with Crippen molar-refractivity contribution in [1.82, 2.24) is 4.90 Å². The van der Waals surface area contributed by atoms with Crippen molar-refractivity contribution < 1.29 is 23.9 Å². The number of esters is 2. The van der Waals surface area contributed by atoms with Gasteiger partial charge in [0.05, 0.1) is 10.8 Å². The average Bonchev–Trinajstić information content (AvgIpc) is 2.45. The Labute approximate surface area is 133 Å². The third-order valence-electron chi connectivity index (χ3n) is 3.76. The van der Waals surface area contributed by atoms with Gasteiger partial charge in [0.15, 0.2) is 0 Å². The molecule has 0 saturated carbocycles. The number of amides is 1. The van der Waals surface area contributed by atoms with Crippen LogP contribution >= 0.6 is 11.8 Å². The number of hydrogen-bond acceptors (Lipinski definition) is 7. The number of carbonyl (C=O) groups is 3. The molecule has 0 aliphatic carbocycles. The van der Waals surface area contributed by atoms with Crippen molar-refractivity contribution in [3.63, 3.8) is 0 Å². The molecule has 22 heavy (non-hydrogen) atoms. The van der Waals surface area contributed by atoms with Crippen LogP contribution < -0.4 is 5.73 Å². The molecule has 2 aliphatic rings. The van der Waals surface area contributed by atoms with Crippen molar-refractivity contribution in [2.24, 2.45) is 16.6 Å². The van der Waals surface area contributed by atoms with E-state index in [9.17, 15) is 14.4 Å². The lowest BCUT2D eigenvalue weighted by atomic mass is 9.90. The van der Waals surface area contributed by atoms with Gasteiger partial charge in [-0.25, -0.2) is 0 Å². The molecule has 2 saturated heterocycles. The van der Waals surface area contributed by atoms with Gasteiger partial charge in [-0.2, -0.15) is 0 Å². The van der Waals surface area contributed by atoms with Crippen molar-refractivity contribution in [3.05, 3.63) is 0 Å². The minimum absolute atomic E-state index is 0.0490. The molecular formula is C14H22N2O5S. The number of rotatable bonds is 3. The molecule has 2 aliphatic heterocycles. The summed E-state index contributed by atoms with van der Waals surface area (Å²) in [6.07, 6.45) is 0. The van der Waals surface area contributed by atoms with Gasteiger partial charge in [-0.05, 0) is 27.7 Å². The number of β-lactam (4-membered cyclic amide) rings is 1. The van der Waals surface area contributed by atoms with E-state index in [1.807, 2.05) is 0 Å². The summed E-state index contributed by atoms with van der Waals surface area (Å²) in [4.78, 5) is 37.1. The summed E-state index contributed by atoms with van der Waals surface area (Å²) in [6.45, 7) is 6.76. The predicted molar refractivity (Wildman–Crippen MR) is 80.5 cm³/mol. The summed E-state index contributed by atoms with van der Waals surface area (Å²) in [5.74, 6) is -0.544. The monoisotopic (exact) mass is 330 g/mol. The summed E-state index contributed by atoms with van der Waals surface area (Å²) in [6, 6.07) is -0.474. The van der Waals surface area contributed by atoms with Crippen molar-refractivity contribution in [1.29, 1.82) is 0 Å². The van der Waals surface area contributed by atoms with Crippen molar-refractivity contribution in [2.75, 3.05) is 19.1 Å². The highest BCUT2D eigenvalue weighted by atomic mass is 32.2. The maximum atomic E-state index is 12.2. The molecule has 0 spiro atoms. The number of nitrogens with zero attached hydrogens (tertiary/aromatic N) is 1. The van der Waals surface area contributed by atoms with Crippen LogP contribution in [-0.2, 0) is 23.9 Å². The highest BCUT2D eigenvalue weighted by Crippen LogP contribution is 2.41. The number of ether oxygens (including phenoxy) is 2. The van der Waals surface area contributed by atoms with Crippen LogP contribution in [0.5, 0.6) is 0 Å². The highest BCUT2D eigenvalue weighted by Gasteiger charge is 2.54. The van der Waals surface area contributed by atoms with Crippen molar-refractivity contribution in [3.8, 4) is 0 Å². The van der Waals surface area contributed by atoms with Gasteiger partial charge in [-0.15, -0.1) is 11.8 Å². The zero-order valence-electron chi connectivity index (χ0n) is 13.3. The van der Waals surface area contributed by atoms with Crippen molar-refractivity contribution in [2.45, 2.75) is 39.1 Å². The van der Waals surface area contributed by atoms with E-state index in [1.165, 1.54) is 11.8 Å². The Morgan fingerprint density at radius 1 is 1.41 bits per heavy atom. The minimum atomic E-state index is -0.814. The number of nitrogens with two attached hydrogens (primary N) is 1. The van der Waals surface area contributed by atoms with Crippen molar-refractivity contribution >= 4 is 29.6 Å². The smallest absolute Gasteiger partial charge is 0.317 e. The lowest BCUT2D eigenvalue weighted by Gasteiger charge is -2.52. The number of carbonyl (C=O) groups excluding carboxylic acids is 3. The Balaban J connectivity index is 1.85. The van der Waals surface area contributed by atoms with Gasteiger partial charge in [0.2, 0.25) is 12.7 Å². The van der Waals surface area contributed by atoms with Crippen LogP contribution in [-0.4, -0.2) is 53.3 Å². The third-order valence-corrected chi connectivity index (χ3v) is 5.45. The Bertz CT molecular complexity index is 504. The number of thioether (sulfide) groups is 1. The zero-order chi connectivity index (χ0) is 16.7. The van der Waals surface area contributed by atoms with E-state index in [0.29, 0.717) is 5.75 Å². The highest BCUT2D eigenvalue weighted by molar-refractivity contribution is 8.00. The number of hydrogen-bond donors (Lipinski definition) is 1. The molecule has 3 atom stereocenters. The van der Waals surface area contributed by atoms with Crippen LogP contribution in [0.2, 0.25) is 0 Å². The second-order valence-electron chi connectivity index (χ2n) is 6.99. The molecule has 0 aromatic rings. The Kier molecular flexibility index (Phi) is 4.45. The standard InChI is InChI=1S/C14H22N2O5S/c1-13(2,3)11(18)20-7-21-12(19)14(4)5-16-9(17)8(15)10(16)22-6-14/h8,10H,5-7,15H2,1-4H3/t8?,10-,14?/m1/s1. The minimum Gasteiger partial charge on any atom is -0.427 e. The third kappa shape index (κ3) is 3.08. The zero-order valence-corrected chi connectivity index (χ0v) is 14.1. The lowest BCUT2D eigenvalue weighted by molar-refractivity contribution is -0.179. The first-order valence-electron chi connectivity index (χ1n) is 7.08. The van der Waals surface area contributed by atoms with Gasteiger partial charge in [-0.1, -0.05) is 0 Å². The molecule has 8 heteroatoms. The largest absolute Gasteiger partial charge is 0.427 e. The molecule has 124 valence electrons. The average molecular weight is 330 g/mol. The molecule has 2 N–H and O–H groups in total. The lowest BCUT2D eigenvalue weighted by Crippen LogP contribution is -2.71. The fourth-order valence-electron chi connectivity index (χ4n) is 2.25. The van der Waals surface area contributed by atoms with Crippen LogP contribution in [0.4, 0.5) is 0 Å². The van der Waals surface area contributed by atoms with Gasteiger partial charge in [0, 0.05) is 12.3 Å². The Hall–Kier alpha value is -1.28. The molecule has 0 aromatic heterocycles. The van der Waals surface area contributed by atoms with Crippen LogP contribution in [0.15, 0.2) is 0 Å². The van der Waals surface area contributed by atoms with E-state index in [2.05, 4.69) is 0 Å². The fraction of sp³-hybridized carbons (Fsp3) is 0.786. The van der Waals surface area contributed by atoms with Gasteiger partial charge < -0.3 is 20.1 Å². The first-order valence-corrected chi connectivity index (χ1v) is 8.13. The topological polar surface area (TPSA) is 98.9 Å². The first kappa shape index (κ1) is 17.1. The van der Waals surface area contributed by atoms with Crippen LogP contribution in [0, 0.1) is 10.8 Å². The van der Waals surface area contributed by atoms with Gasteiger partial charge >= 0.3 is 11.9 Å². The van der Waals surface area contributed by atoms with E-state index < -0.39 is 35.6 Å². The second-order valence-corrected chi connectivity index (χ2v) is 8.09. The SMILES string of the molecule is CC(C)(C)C(=O)OCOC(=O)C1(C)CS[C@@H]2C(N)C(=O)N2C1. The summed E-state index contributed by atoms with van der Waals surface area (Å²) in [7, 11) is 0. The molecule has 2 heterocycles. The summed E-state index contributed by atoms with van der Waals surface area (Å²) < 4.78 is 9.98. The molecule has 2 rings (SSSR count). The van der Waals surface area contributed by atoms with E-state index >= 15 is 0 Å².